The van der Waals surface area contributed by atoms with Crippen molar-refractivity contribution in [2.45, 2.75) is 32.7 Å². The zero-order chi connectivity index (χ0) is 20.1. The zero-order valence-corrected chi connectivity index (χ0v) is 15.6. The van der Waals surface area contributed by atoms with Crippen molar-refractivity contribution in [1.82, 2.24) is 10.3 Å². The second kappa shape index (κ2) is 8.39. The van der Waals surface area contributed by atoms with Crippen molar-refractivity contribution in [3.8, 4) is 23.4 Å². The number of rotatable bonds is 7. The first kappa shape index (κ1) is 19.2. The minimum atomic E-state index is -0.511. The quantitative estimate of drug-likeness (QED) is 0.739. The molecule has 0 unspecified atom stereocenters. The predicted molar refractivity (Wildman–Crippen MR) is 101 cm³/mol. The standard InChI is InChI=1S/C20H20N4O4/c1-3-9-27-17-10-15(7-5-13(17)11-21)28-18-8-6-14(12-22-18)24-19(25)16(4-2)23-20(24)26/h5-8,10,12,16H,3-4,9H2,1-2H3,(H,23,26)/t16-/m1/s1. The van der Waals surface area contributed by atoms with Crippen LogP contribution in [0.3, 0.4) is 0 Å². The number of aromatic nitrogens is 1. The molecule has 1 atom stereocenters. The smallest absolute Gasteiger partial charge is 0.329 e. The van der Waals surface area contributed by atoms with Crippen LogP contribution in [0, 0.1) is 11.3 Å². The third-order valence-corrected chi connectivity index (χ3v) is 4.16. The van der Waals surface area contributed by atoms with Crippen molar-refractivity contribution in [1.29, 1.82) is 5.26 Å². The van der Waals surface area contributed by atoms with E-state index in [9.17, 15) is 9.59 Å². The van der Waals surface area contributed by atoms with Crippen molar-refractivity contribution in [2.75, 3.05) is 11.5 Å². The maximum atomic E-state index is 12.3. The highest BCUT2D eigenvalue weighted by molar-refractivity contribution is 6.21. The molecule has 1 fully saturated rings. The molecule has 0 aliphatic carbocycles. The Bertz CT molecular complexity index is 921. The lowest BCUT2D eigenvalue weighted by Crippen LogP contribution is -2.31. The van der Waals surface area contributed by atoms with E-state index in [1.807, 2.05) is 13.8 Å². The number of imide groups is 1. The Balaban J connectivity index is 1.75. The number of hydrogen-bond donors (Lipinski definition) is 1. The largest absolute Gasteiger partial charge is 0.492 e. The van der Waals surface area contributed by atoms with Crippen molar-refractivity contribution >= 4 is 17.6 Å². The first-order valence-corrected chi connectivity index (χ1v) is 9.02. The van der Waals surface area contributed by atoms with Gasteiger partial charge < -0.3 is 14.8 Å². The number of anilines is 1. The predicted octanol–water partition coefficient (Wildman–Crippen LogP) is 3.37. The molecule has 8 nitrogen and oxygen atoms in total. The monoisotopic (exact) mass is 380 g/mol. The van der Waals surface area contributed by atoms with E-state index < -0.39 is 12.1 Å². The minimum absolute atomic E-state index is 0.286. The van der Waals surface area contributed by atoms with Crippen LogP contribution in [0.1, 0.15) is 32.3 Å². The number of amides is 3. The third-order valence-electron chi connectivity index (χ3n) is 4.16. The molecule has 0 bridgehead atoms. The summed E-state index contributed by atoms with van der Waals surface area (Å²) >= 11 is 0. The molecule has 1 N–H and O–H groups in total. The van der Waals surface area contributed by atoms with Crippen LogP contribution in [0.5, 0.6) is 17.4 Å². The van der Waals surface area contributed by atoms with E-state index in [1.165, 1.54) is 6.20 Å². The molecular formula is C20H20N4O4. The van der Waals surface area contributed by atoms with Gasteiger partial charge in [-0.1, -0.05) is 13.8 Å². The first-order valence-electron chi connectivity index (χ1n) is 9.02. The van der Waals surface area contributed by atoms with Gasteiger partial charge in [0.25, 0.3) is 5.91 Å². The van der Waals surface area contributed by atoms with E-state index in [1.54, 1.807) is 30.3 Å². The Labute approximate surface area is 162 Å². The van der Waals surface area contributed by atoms with E-state index in [4.69, 9.17) is 14.7 Å². The fraction of sp³-hybridized carbons (Fsp3) is 0.300. The van der Waals surface area contributed by atoms with Gasteiger partial charge in [-0.05, 0) is 31.0 Å². The summed E-state index contributed by atoms with van der Waals surface area (Å²) < 4.78 is 11.3. The van der Waals surface area contributed by atoms with Crippen molar-refractivity contribution < 1.29 is 19.1 Å². The van der Waals surface area contributed by atoms with E-state index in [0.29, 0.717) is 35.8 Å². The number of hydrogen-bond acceptors (Lipinski definition) is 6. The molecule has 1 aliphatic heterocycles. The Morgan fingerprint density at radius 3 is 2.68 bits per heavy atom. The van der Waals surface area contributed by atoms with Gasteiger partial charge >= 0.3 is 6.03 Å². The molecule has 1 aromatic heterocycles. The van der Waals surface area contributed by atoms with Crippen molar-refractivity contribution in [3.05, 3.63) is 42.1 Å². The molecule has 8 heteroatoms. The number of ether oxygens (including phenoxy) is 2. The van der Waals surface area contributed by atoms with E-state index in [2.05, 4.69) is 16.4 Å². The highest BCUT2D eigenvalue weighted by Crippen LogP contribution is 2.29. The van der Waals surface area contributed by atoms with Gasteiger partial charge in [0.2, 0.25) is 5.88 Å². The lowest BCUT2D eigenvalue weighted by molar-refractivity contribution is -0.118. The summed E-state index contributed by atoms with van der Waals surface area (Å²) in [6.07, 6.45) is 2.75. The Hall–Kier alpha value is -3.60. The highest BCUT2D eigenvalue weighted by atomic mass is 16.5. The molecule has 1 aliphatic rings. The fourth-order valence-corrected chi connectivity index (χ4v) is 2.73. The average molecular weight is 380 g/mol. The number of benzene rings is 1. The summed E-state index contributed by atoms with van der Waals surface area (Å²) in [6.45, 7) is 4.30. The molecule has 144 valence electrons. The second-order valence-corrected chi connectivity index (χ2v) is 6.16. The second-order valence-electron chi connectivity index (χ2n) is 6.16. The maximum absolute atomic E-state index is 12.3. The van der Waals surface area contributed by atoms with Crippen LogP contribution < -0.4 is 19.7 Å². The molecule has 0 saturated carbocycles. The fourth-order valence-electron chi connectivity index (χ4n) is 2.73. The van der Waals surface area contributed by atoms with Gasteiger partial charge in [0, 0.05) is 12.1 Å². The molecule has 28 heavy (non-hydrogen) atoms. The van der Waals surface area contributed by atoms with Crippen molar-refractivity contribution in [3.63, 3.8) is 0 Å². The van der Waals surface area contributed by atoms with Gasteiger partial charge in [0.1, 0.15) is 23.6 Å². The number of nitriles is 1. The maximum Gasteiger partial charge on any atom is 0.329 e. The number of urea groups is 1. The van der Waals surface area contributed by atoms with Gasteiger partial charge in [0.05, 0.1) is 24.1 Å². The van der Waals surface area contributed by atoms with Crippen LogP contribution in [0.25, 0.3) is 0 Å². The van der Waals surface area contributed by atoms with Crippen LogP contribution >= 0.6 is 0 Å². The normalized spacial score (nSPS) is 15.9. The zero-order valence-electron chi connectivity index (χ0n) is 15.6. The SMILES string of the molecule is CCCOc1cc(Oc2ccc(N3C(=O)N[C@H](CC)C3=O)cn2)ccc1C#N. The van der Waals surface area contributed by atoms with Crippen LogP contribution in [0.4, 0.5) is 10.5 Å². The summed E-state index contributed by atoms with van der Waals surface area (Å²) in [6, 6.07) is 9.17. The van der Waals surface area contributed by atoms with Crippen LogP contribution in [0.15, 0.2) is 36.5 Å². The Morgan fingerprint density at radius 2 is 2.07 bits per heavy atom. The minimum Gasteiger partial charge on any atom is -0.492 e. The first-order chi connectivity index (χ1) is 13.6. The molecule has 0 radical (unpaired) electrons. The van der Waals surface area contributed by atoms with Gasteiger partial charge in [-0.15, -0.1) is 0 Å². The van der Waals surface area contributed by atoms with E-state index in [-0.39, 0.29) is 11.8 Å². The number of nitrogens with zero attached hydrogens (tertiary/aromatic N) is 3. The van der Waals surface area contributed by atoms with Crippen LogP contribution in [0.2, 0.25) is 0 Å². The number of nitrogens with one attached hydrogen (secondary N) is 1. The third kappa shape index (κ3) is 3.88. The molecule has 3 rings (SSSR count). The lowest BCUT2D eigenvalue weighted by Gasteiger charge is -2.13. The van der Waals surface area contributed by atoms with Gasteiger partial charge in [0.15, 0.2) is 0 Å². The highest BCUT2D eigenvalue weighted by Gasteiger charge is 2.37. The molecular weight excluding hydrogens is 360 g/mol. The van der Waals surface area contributed by atoms with Crippen LogP contribution in [-0.4, -0.2) is 29.6 Å². The van der Waals surface area contributed by atoms with Crippen molar-refractivity contribution in [2.24, 2.45) is 0 Å². The molecule has 0 spiro atoms. The Kier molecular flexibility index (Phi) is 5.75. The van der Waals surface area contributed by atoms with Gasteiger partial charge in [-0.3, -0.25) is 4.79 Å². The summed E-state index contributed by atoms with van der Waals surface area (Å²) in [4.78, 5) is 29.5. The summed E-state index contributed by atoms with van der Waals surface area (Å²) in [5.41, 5.74) is 0.797. The molecule has 1 aromatic carbocycles. The van der Waals surface area contributed by atoms with Gasteiger partial charge in [-0.25, -0.2) is 14.7 Å². The summed E-state index contributed by atoms with van der Waals surface area (Å²) in [5.74, 6) is 0.900. The number of pyridine rings is 1. The Morgan fingerprint density at radius 1 is 1.25 bits per heavy atom. The topological polar surface area (TPSA) is 105 Å². The number of carbonyl (C=O) groups is 2. The van der Waals surface area contributed by atoms with Crippen LogP contribution in [-0.2, 0) is 4.79 Å². The summed E-state index contributed by atoms with van der Waals surface area (Å²) in [7, 11) is 0. The lowest BCUT2D eigenvalue weighted by atomic mass is 10.2. The van der Waals surface area contributed by atoms with E-state index >= 15 is 0 Å². The molecule has 1 saturated heterocycles. The molecule has 3 amide bonds. The van der Waals surface area contributed by atoms with E-state index in [0.717, 1.165) is 11.3 Å². The molecule has 2 heterocycles. The molecule has 2 aromatic rings. The number of carbonyl (C=O) groups excluding carboxylic acids is 2. The van der Waals surface area contributed by atoms with Gasteiger partial charge in [-0.2, -0.15) is 5.26 Å². The average Bonchev–Trinajstić information content (AvgIpc) is 3.00. The summed E-state index contributed by atoms with van der Waals surface area (Å²) in [5, 5.41) is 11.8.